The highest BCUT2D eigenvalue weighted by Gasteiger charge is 2.55. The first kappa shape index (κ1) is 18.0. The second kappa shape index (κ2) is 6.65. The van der Waals surface area contributed by atoms with Crippen LogP contribution in [0, 0.1) is 18.8 Å². The molecule has 4 heterocycles. The van der Waals surface area contributed by atoms with Gasteiger partial charge in [0, 0.05) is 17.8 Å². The molecule has 9 heteroatoms. The van der Waals surface area contributed by atoms with Gasteiger partial charge in [-0.2, -0.15) is 0 Å². The minimum Gasteiger partial charge on any atom is -0.394 e. The summed E-state index contributed by atoms with van der Waals surface area (Å²) in [6, 6.07) is 0. The van der Waals surface area contributed by atoms with E-state index < -0.39 is 30.7 Å². The Labute approximate surface area is 158 Å². The van der Waals surface area contributed by atoms with Gasteiger partial charge in [0.15, 0.2) is 16.9 Å². The number of hydrogen-bond acceptors (Lipinski definition) is 7. The Morgan fingerprint density at radius 1 is 1.37 bits per heavy atom. The number of alkyl halides is 1. The summed E-state index contributed by atoms with van der Waals surface area (Å²) >= 11 is 1.42. The van der Waals surface area contributed by atoms with Crippen molar-refractivity contribution < 1.29 is 19.3 Å². The highest BCUT2D eigenvalue weighted by molar-refractivity contribution is 7.10. The van der Waals surface area contributed by atoms with E-state index in [1.807, 2.05) is 12.3 Å². The fourth-order valence-corrected chi connectivity index (χ4v) is 3.76. The summed E-state index contributed by atoms with van der Waals surface area (Å²) in [6.45, 7) is 2.58. The van der Waals surface area contributed by atoms with E-state index in [-0.39, 0.29) is 0 Å². The Kier molecular flexibility index (Phi) is 4.44. The van der Waals surface area contributed by atoms with E-state index in [0.29, 0.717) is 27.3 Å². The minimum atomic E-state index is -2.11. The van der Waals surface area contributed by atoms with Crippen LogP contribution in [-0.2, 0) is 4.74 Å². The first-order chi connectivity index (χ1) is 12.9. The summed E-state index contributed by atoms with van der Waals surface area (Å²) in [5, 5.41) is 22.7. The van der Waals surface area contributed by atoms with Gasteiger partial charge in [-0.05, 0) is 19.8 Å². The van der Waals surface area contributed by atoms with Gasteiger partial charge in [0.25, 0.3) is 0 Å². The number of thiazole rings is 1. The molecule has 0 aliphatic carbocycles. The maximum absolute atomic E-state index is 15.2. The first-order valence-corrected chi connectivity index (χ1v) is 9.18. The molecule has 4 rings (SSSR count). The topological polar surface area (TPSA) is 93.3 Å². The van der Waals surface area contributed by atoms with Crippen LogP contribution in [0.4, 0.5) is 4.39 Å². The molecule has 7 nitrogen and oxygen atoms in total. The van der Waals surface area contributed by atoms with E-state index in [9.17, 15) is 10.2 Å². The number of aliphatic hydroxyl groups excluding tert-OH is 2. The second-order valence-electron chi connectivity index (χ2n) is 6.50. The van der Waals surface area contributed by atoms with Crippen LogP contribution >= 0.6 is 11.3 Å². The summed E-state index contributed by atoms with van der Waals surface area (Å²) in [4.78, 5) is 12.6. The minimum absolute atomic E-state index is 0.450. The number of aliphatic hydroxyl groups is 2. The van der Waals surface area contributed by atoms with Crippen molar-refractivity contribution >= 4 is 22.4 Å². The Bertz CT molecular complexity index is 1040. The molecule has 0 saturated carbocycles. The fraction of sp³-hybridized carbons (Fsp3) is 0.389. The summed E-state index contributed by atoms with van der Waals surface area (Å²) in [5.74, 6) is 6.02. The maximum Gasteiger partial charge on any atom is 0.181 e. The molecule has 3 aromatic rings. The number of ether oxygens (including phenoxy) is 1. The molecule has 0 unspecified atom stereocenters. The number of nitrogens with zero attached hydrogens (tertiary/aromatic N) is 4. The summed E-state index contributed by atoms with van der Waals surface area (Å²) in [7, 11) is 0. The van der Waals surface area contributed by atoms with E-state index in [1.54, 1.807) is 12.4 Å². The van der Waals surface area contributed by atoms with Crippen LogP contribution < -0.4 is 0 Å². The Morgan fingerprint density at radius 2 is 2.19 bits per heavy atom. The number of fused-ring (bicyclic) bond motifs is 1. The number of halogens is 1. The van der Waals surface area contributed by atoms with E-state index in [0.717, 1.165) is 0 Å². The lowest BCUT2D eigenvalue weighted by Gasteiger charge is -2.25. The van der Waals surface area contributed by atoms with E-state index in [4.69, 9.17) is 4.74 Å². The van der Waals surface area contributed by atoms with Crippen LogP contribution in [0.15, 0.2) is 24.1 Å². The molecule has 4 atom stereocenters. The molecule has 0 aromatic carbocycles. The molecule has 0 amide bonds. The van der Waals surface area contributed by atoms with Crippen LogP contribution in [0.1, 0.15) is 29.4 Å². The monoisotopic (exact) mass is 388 g/mol. The molecule has 27 heavy (non-hydrogen) atoms. The largest absolute Gasteiger partial charge is 0.394 e. The smallest absolute Gasteiger partial charge is 0.181 e. The van der Waals surface area contributed by atoms with Crippen LogP contribution in [-0.4, -0.2) is 54.2 Å². The van der Waals surface area contributed by atoms with Gasteiger partial charge in [0.2, 0.25) is 0 Å². The fourth-order valence-electron chi connectivity index (χ4n) is 3.28. The number of aromatic nitrogens is 4. The van der Waals surface area contributed by atoms with Crippen LogP contribution in [0.25, 0.3) is 11.0 Å². The molecule has 0 spiro atoms. The Morgan fingerprint density at radius 3 is 2.85 bits per heavy atom. The molecule has 1 aliphatic rings. The predicted octanol–water partition coefficient (Wildman–Crippen LogP) is 1.57. The SMILES string of the molecule is Cc1ncnc2c1c(C#Cc1nccs1)cn2[C@@H]1O[C@H](CO)[C@@H](O)[C@@]1(C)F. The number of rotatable bonds is 2. The van der Waals surface area contributed by atoms with Gasteiger partial charge < -0.3 is 19.5 Å². The third kappa shape index (κ3) is 2.91. The molecular weight excluding hydrogens is 371 g/mol. The van der Waals surface area contributed by atoms with Crippen LogP contribution in [0.3, 0.4) is 0 Å². The maximum atomic E-state index is 15.2. The van der Waals surface area contributed by atoms with Crippen LogP contribution in [0.5, 0.6) is 0 Å². The molecule has 140 valence electrons. The molecule has 1 fully saturated rings. The summed E-state index contributed by atoms with van der Waals surface area (Å²) in [6.07, 6.45) is 1.06. The number of aryl methyl sites for hydroxylation is 1. The highest BCUT2D eigenvalue weighted by Crippen LogP contribution is 2.43. The molecule has 0 bridgehead atoms. The molecular formula is C18H17FN4O3S. The van der Waals surface area contributed by atoms with Crippen LogP contribution in [0.2, 0.25) is 0 Å². The average molecular weight is 388 g/mol. The van der Waals surface area contributed by atoms with E-state index in [2.05, 4.69) is 26.8 Å². The van der Waals surface area contributed by atoms with Gasteiger partial charge in [-0.25, -0.2) is 19.3 Å². The highest BCUT2D eigenvalue weighted by atomic mass is 32.1. The Hall–Kier alpha value is -2.38. The van der Waals surface area contributed by atoms with Crippen molar-refractivity contribution in [1.82, 2.24) is 19.5 Å². The summed E-state index contributed by atoms with van der Waals surface area (Å²) in [5.41, 5.74) is -0.358. The standard InChI is InChI=1S/C18H17FN4O3S/c1-10-14-11(3-4-13-20-5-6-27-13)7-23(16(14)22-9-21-10)17-18(2,19)15(25)12(8-24)26-17/h5-7,9,12,15,17,24-25H,8H2,1-2H3/t12-,15-,17-,18-/m1/s1. The van der Waals surface area contributed by atoms with Gasteiger partial charge in [0.1, 0.15) is 24.2 Å². The quantitative estimate of drug-likeness (QED) is 0.648. The zero-order valence-electron chi connectivity index (χ0n) is 14.6. The predicted molar refractivity (Wildman–Crippen MR) is 96.9 cm³/mol. The van der Waals surface area contributed by atoms with Crippen molar-refractivity contribution in [2.75, 3.05) is 6.61 Å². The molecule has 0 radical (unpaired) electrons. The van der Waals surface area contributed by atoms with E-state index >= 15 is 4.39 Å². The lowest BCUT2D eigenvalue weighted by Crippen LogP contribution is -2.40. The van der Waals surface area contributed by atoms with E-state index in [1.165, 1.54) is 29.2 Å². The number of hydrogen-bond donors (Lipinski definition) is 2. The van der Waals surface area contributed by atoms with Gasteiger partial charge in [-0.1, -0.05) is 5.92 Å². The first-order valence-electron chi connectivity index (χ1n) is 8.30. The molecule has 1 aliphatic heterocycles. The van der Waals surface area contributed by atoms with Gasteiger partial charge in [-0.15, -0.1) is 11.3 Å². The Balaban J connectivity index is 1.86. The van der Waals surface area contributed by atoms with Crippen molar-refractivity contribution in [2.45, 2.75) is 38.0 Å². The third-order valence-electron chi connectivity index (χ3n) is 4.68. The van der Waals surface area contributed by atoms with Crippen molar-refractivity contribution in [3.63, 3.8) is 0 Å². The zero-order chi connectivity index (χ0) is 19.2. The molecule has 1 saturated heterocycles. The van der Waals surface area contributed by atoms with Gasteiger partial charge in [0.05, 0.1) is 23.3 Å². The van der Waals surface area contributed by atoms with Crippen molar-refractivity contribution in [2.24, 2.45) is 0 Å². The van der Waals surface area contributed by atoms with Gasteiger partial charge in [-0.3, -0.25) is 0 Å². The average Bonchev–Trinajstić information content (AvgIpc) is 3.33. The van der Waals surface area contributed by atoms with Crippen molar-refractivity contribution in [1.29, 1.82) is 0 Å². The zero-order valence-corrected chi connectivity index (χ0v) is 15.4. The lowest BCUT2D eigenvalue weighted by atomic mass is 9.98. The molecule has 3 aromatic heterocycles. The van der Waals surface area contributed by atoms with Gasteiger partial charge >= 0.3 is 0 Å². The molecule has 2 N–H and O–H groups in total. The third-order valence-corrected chi connectivity index (χ3v) is 5.37. The lowest BCUT2D eigenvalue weighted by molar-refractivity contribution is -0.0564. The normalized spacial score (nSPS) is 27.7. The van der Waals surface area contributed by atoms with Crippen molar-refractivity contribution in [3.05, 3.63) is 40.4 Å². The second-order valence-corrected chi connectivity index (χ2v) is 7.40. The summed E-state index contributed by atoms with van der Waals surface area (Å²) < 4.78 is 22.4. The van der Waals surface area contributed by atoms with Crippen molar-refractivity contribution in [3.8, 4) is 11.8 Å².